The fraction of sp³-hybridized carbons (Fsp3) is 0.211. The first-order chi connectivity index (χ1) is 14.5. The van der Waals surface area contributed by atoms with Gasteiger partial charge in [-0.2, -0.15) is 10.2 Å². The van der Waals surface area contributed by atoms with Gasteiger partial charge in [0.15, 0.2) is 17.1 Å². The molecule has 30 heavy (non-hydrogen) atoms. The molecule has 1 aromatic carbocycles. The zero-order chi connectivity index (χ0) is 21.0. The summed E-state index contributed by atoms with van der Waals surface area (Å²) in [6.45, 7) is 5.15. The molecule has 4 heterocycles. The number of hydrogen-bond donors (Lipinski definition) is 0. The number of benzene rings is 1. The second-order valence-corrected chi connectivity index (χ2v) is 7.01. The maximum Gasteiger partial charge on any atom is 0.312 e. The maximum absolute atomic E-state index is 11.3. The molecule has 0 unspecified atom stereocenters. The Labute approximate surface area is 169 Å². The van der Waals surface area contributed by atoms with Gasteiger partial charge in [-0.1, -0.05) is 18.2 Å². The third-order valence-corrected chi connectivity index (χ3v) is 5.13. The van der Waals surface area contributed by atoms with Crippen molar-refractivity contribution in [3.63, 3.8) is 0 Å². The van der Waals surface area contributed by atoms with Crippen LogP contribution in [0.4, 0.5) is 5.69 Å². The highest BCUT2D eigenvalue weighted by molar-refractivity contribution is 5.89. The van der Waals surface area contributed by atoms with E-state index in [-0.39, 0.29) is 5.69 Å². The van der Waals surface area contributed by atoms with Crippen LogP contribution in [-0.2, 0) is 0 Å². The average molecular weight is 403 g/mol. The number of aromatic nitrogens is 8. The lowest BCUT2D eigenvalue weighted by Crippen LogP contribution is -2.12. The summed E-state index contributed by atoms with van der Waals surface area (Å²) in [5.41, 5.74) is 3.01. The fourth-order valence-corrected chi connectivity index (χ4v) is 3.68. The summed E-state index contributed by atoms with van der Waals surface area (Å²) < 4.78 is 4.92. The van der Waals surface area contributed by atoms with Crippen molar-refractivity contribution in [3.8, 4) is 5.69 Å². The van der Waals surface area contributed by atoms with Crippen LogP contribution in [0.1, 0.15) is 30.2 Å². The minimum Gasteiger partial charge on any atom is -0.258 e. The zero-order valence-corrected chi connectivity index (χ0v) is 16.5. The van der Waals surface area contributed by atoms with E-state index in [1.165, 1.54) is 0 Å². The number of hydrogen-bond acceptors (Lipinski definition) is 7. The number of para-hydroxylation sites is 1. The Balaban J connectivity index is 1.62. The number of nitro groups is 1. The van der Waals surface area contributed by atoms with Crippen molar-refractivity contribution < 1.29 is 4.92 Å². The molecule has 11 heteroatoms. The van der Waals surface area contributed by atoms with Gasteiger partial charge in [0.25, 0.3) is 0 Å². The van der Waals surface area contributed by atoms with Crippen molar-refractivity contribution in [3.05, 3.63) is 70.2 Å². The van der Waals surface area contributed by atoms with Gasteiger partial charge in [-0.3, -0.25) is 14.8 Å². The van der Waals surface area contributed by atoms with Gasteiger partial charge in [0.2, 0.25) is 0 Å². The van der Waals surface area contributed by atoms with Crippen LogP contribution in [0.5, 0.6) is 0 Å². The number of aryl methyl sites for hydroxylation is 1. The first kappa shape index (κ1) is 17.9. The third kappa shape index (κ3) is 2.55. The zero-order valence-electron chi connectivity index (χ0n) is 16.5. The normalized spacial score (nSPS) is 12.6. The topological polar surface area (TPSA) is 122 Å². The number of fused-ring (bicyclic) bond motifs is 3. The van der Waals surface area contributed by atoms with Crippen LogP contribution in [0.3, 0.4) is 0 Å². The smallest absolute Gasteiger partial charge is 0.258 e. The van der Waals surface area contributed by atoms with Crippen LogP contribution in [0.15, 0.2) is 42.9 Å². The van der Waals surface area contributed by atoms with E-state index in [4.69, 9.17) is 0 Å². The highest BCUT2D eigenvalue weighted by atomic mass is 16.6. The summed E-state index contributed by atoms with van der Waals surface area (Å²) in [6.07, 6.45) is 3.30. The summed E-state index contributed by atoms with van der Waals surface area (Å²) >= 11 is 0. The molecule has 11 nitrogen and oxygen atoms in total. The molecular weight excluding hydrogens is 386 g/mol. The molecule has 0 N–H and O–H groups in total. The predicted molar refractivity (Wildman–Crippen MR) is 108 cm³/mol. The molecule has 0 radical (unpaired) electrons. The molecule has 0 fully saturated rings. The number of nitrogens with zero attached hydrogens (tertiary/aromatic N) is 9. The molecule has 5 aromatic rings. The quantitative estimate of drug-likeness (QED) is 0.334. The van der Waals surface area contributed by atoms with Gasteiger partial charge in [-0.25, -0.2) is 19.2 Å². The first-order valence-electron chi connectivity index (χ1n) is 9.30. The molecule has 150 valence electrons. The van der Waals surface area contributed by atoms with Gasteiger partial charge in [-0.05, 0) is 32.9 Å². The SMILES string of the molecule is Cc1nn([C@@H](C)c2nc3c4cnn(-c5ccccc5)c4ncn3n2)c(C)c1[N+](=O)[O-]. The van der Waals surface area contributed by atoms with E-state index in [9.17, 15) is 10.1 Å². The summed E-state index contributed by atoms with van der Waals surface area (Å²) in [5, 5.41) is 25.4. The predicted octanol–water partition coefficient (Wildman–Crippen LogP) is 2.79. The molecule has 0 amide bonds. The second-order valence-electron chi connectivity index (χ2n) is 7.01. The van der Waals surface area contributed by atoms with Gasteiger partial charge in [0.05, 0.1) is 22.2 Å². The van der Waals surface area contributed by atoms with Gasteiger partial charge >= 0.3 is 5.69 Å². The summed E-state index contributed by atoms with van der Waals surface area (Å²) in [7, 11) is 0. The summed E-state index contributed by atoms with van der Waals surface area (Å²) in [4.78, 5) is 20.1. The van der Waals surface area contributed by atoms with Crippen LogP contribution in [0.2, 0.25) is 0 Å². The Hall–Kier alpha value is -4.15. The summed E-state index contributed by atoms with van der Waals surface area (Å²) in [5.74, 6) is 0.484. The molecule has 0 aliphatic heterocycles. The second kappa shape index (κ2) is 6.44. The van der Waals surface area contributed by atoms with E-state index in [1.807, 2.05) is 37.3 Å². The van der Waals surface area contributed by atoms with Gasteiger partial charge in [0.1, 0.15) is 23.8 Å². The largest absolute Gasteiger partial charge is 0.312 e. The minimum absolute atomic E-state index is 0.0128. The highest BCUT2D eigenvalue weighted by Gasteiger charge is 2.27. The molecule has 0 aliphatic carbocycles. The van der Waals surface area contributed by atoms with Crippen LogP contribution < -0.4 is 0 Å². The molecule has 4 aromatic heterocycles. The minimum atomic E-state index is -0.413. The Morgan fingerprint density at radius 2 is 1.87 bits per heavy atom. The molecule has 0 saturated carbocycles. The van der Waals surface area contributed by atoms with Crippen molar-refractivity contribution in [2.75, 3.05) is 0 Å². The van der Waals surface area contributed by atoms with Gasteiger partial charge in [-0.15, -0.1) is 5.10 Å². The monoisotopic (exact) mass is 403 g/mol. The molecule has 0 bridgehead atoms. The van der Waals surface area contributed by atoms with Crippen LogP contribution in [0.25, 0.3) is 22.4 Å². The first-order valence-corrected chi connectivity index (χ1v) is 9.30. The average Bonchev–Trinajstić information content (AvgIpc) is 3.42. The molecular formula is C19H17N9O2. The van der Waals surface area contributed by atoms with Gasteiger partial charge < -0.3 is 0 Å². The van der Waals surface area contributed by atoms with Crippen molar-refractivity contribution >= 4 is 22.4 Å². The van der Waals surface area contributed by atoms with Crippen molar-refractivity contribution in [2.24, 2.45) is 0 Å². The highest BCUT2D eigenvalue weighted by Crippen LogP contribution is 2.27. The molecule has 0 saturated heterocycles. The molecule has 0 aliphatic rings. The number of rotatable bonds is 4. The van der Waals surface area contributed by atoms with Crippen LogP contribution in [-0.4, -0.2) is 44.1 Å². The van der Waals surface area contributed by atoms with E-state index in [0.717, 1.165) is 11.1 Å². The Kier molecular flexibility index (Phi) is 3.85. The molecule has 1 atom stereocenters. The molecule has 0 spiro atoms. The fourth-order valence-electron chi connectivity index (χ4n) is 3.68. The van der Waals surface area contributed by atoms with Crippen LogP contribution >= 0.6 is 0 Å². The van der Waals surface area contributed by atoms with E-state index < -0.39 is 11.0 Å². The lowest BCUT2D eigenvalue weighted by Gasteiger charge is -2.09. The Bertz CT molecular complexity index is 1410. The third-order valence-electron chi connectivity index (χ3n) is 5.13. The van der Waals surface area contributed by atoms with Crippen molar-refractivity contribution in [1.82, 2.24) is 39.1 Å². The molecule has 5 rings (SSSR count). The van der Waals surface area contributed by atoms with E-state index in [0.29, 0.717) is 28.5 Å². The Morgan fingerprint density at radius 1 is 1.10 bits per heavy atom. The standard InChI is InChI=1S/C19H17N9O2/c1-11-16(28(29)30)12(2)26(23-11)13(3)17-22-19-15-9-21-27(14-7-5-4-6-8-14)18(15)20-10-25(19)24-17/h4-10,13H,1-3H3/t13-/m0/s1. The van der Waals surface area contributed by atoms with Gasteiger partial charge in [0, 0.05) is 0 Å². The Morgan fingerprint density at radius 3 is 2.57 bits per heavy atom. The summed E-state index contributed by atoms with van der Waals surface area (Å²) in [6, 6.07) is 9.32. The lowest BCUT2D eigenvalue weighted by atomic mass is 10.3. The van der Waals surface area contributed by atoms with E-state index in [1.54, 1.807) is 40.3 Å². The van der Waals surface area contributed by atoms with Crippen molar-refractivity contribution in [1.29, 1.82) is 0 Å². The van der Waals surface area contributed by atoms with Crippen LogP contribution in [0, 0.1) is 24.0 Å². The van der Waals surface area contributed by atoms with E-state index in [2.05, 4.69) is 25.3 Å². The maximum atomic E-state index is 11.3. The lowest BCUT2D eigenvalue weighted by molar-refractivity contribution is -0.386. The van der Waals surface area contributed by atoms with Crippen molar-refractivity contribution in [2.45, 2.75) is 26.8 Å². The van der Waals surface area contributed by atoms with E-state index >= 15 is 0 Å².